The van der Waals surface area contributed by atoms with Crippen molar-refractivity contribution < 1.29 is 4.79 Å². The van der Waals surface area contributed by atoms with Crippen molar-refractivity contribution in [2.24, 2.45) is 0 Å². The fourth-order valence-corrected chi connectivity index (χ4v) is 3.52. The van der Waals surface area contributed by atoms with Gasteiger partial charge in [-0.05, 0) is 13.3 Å². The number of hydrogen-bond acceptors (Lipinski definition) is 6. The third-order valence-electron chi connectivity index (χ3n) is 4.21. The van der Waals surface area contributed by atoms with Crippen LogP contribution in [0, 0.1) is 6.92 Å². The molecule has 2 aromatic heterocycles. The summed E-state index contributed by atoms with van der Waals surface area (Å²) in [7, 11) is 0. The molecule has 0 saturated carbocycles. The van der Waals surface area contributed by atoms with Crippen LogP contribution in [0.25, 0.3) is 0 Å². The average Bonchev–Trinajstić information content (AvgIpc) is 3.11. The number of aryl methyl sites for hydroxylation is 2. The summed E-state index contributed by atoms with van der Waals surface area (Å²) in [6, 6.07) is 0. The molecule has 1 N–H and O–H groups in total. The normalized spacial score (nSPS) is 16.3. The number of thiazole rings is 1. The Bertz CT molecular complexity index is 682. The van der Waals surface area contributed by atoms with E-state index in [1.807, 2.05) is 24.1 Å². The summed E-state index contributed by atoms with van der Waals surface area (Å²) in [4.78, 5) is 25.6. The van der Waals surface area contributed by atoms with Gasteiger partial charge >= 0.3 is 0 Å². The number of aromatic nitrogens is 4. The van der Waals surface area contributed by atoms with E-state index < -0.39 is 0 Å². The molecule has 0 unspecified atom stereocenters. The SMILES string of the molecule is CCc1n[nH]c(CN2CCCN(C(=O)Cc3csc(C)n3)CC2)n1. The van der Waals surface area contributed by atoms with Crippen LogP contribution >= 0.6 is 11.3 Å². The van der Waals surface area contributed by atoms with Crippen molar-refractivity contribution in [1.29, 1.82) is 0 Å². The van der Waals surface area contributed by atoms with Crippen LogP contribution in [0.4, 0.5) is 0 Å². The smallest absolute Gasteiger partial charge is 0.228 e. The van der Waals surface area contributed by atoms with Crippen molar-refractivity contribution in [2.75, 3.05) is 26.2 Å². The van der Waals surface area contributed by atoms with Crippen LogP contribution in [-0.4, -0.2) is 62.1 Å². The summed E-state index contributed by atoms with van der Waals surface area (Å²) < 4.78 is 0. The van der Waals surface area contributed by atoms with Gasteiger partial charge in [-0.25, -0.2) is 9.97 Å². The molecule has 2 aromatic rings. The number of H-pyrrole nitrogens is 1. The maximum Gasteiger partial charge on any atom is 0.228 e. The van der Waals surface area contributed by atoms with Gasteiger partial charge < -0.3 is 4.90 Å². The molecule has 8 heteroatoms. The van der Waals surface area contributed by atoms with Crippen LogP contribution in [0.1, 0.15) is 35.7 Å². The molecule has 3 rings (SSSR count). The molecule has 1 saturated heterocycles. The predicted octanol–water partition coefficient (Wildman–Crippen LogP) is 1.41. The first-order valence-electron chi connectivity index (χ1n) is 8.45. The Balaban J connectivity index is 1.51. The summed E-state index contributed by atoms with van der Waals surface area (Å²) >= 11 is 1.60. The van der Waals surface area contributed by atoms with Gasteiger partial charge in [0.1, 0.15) is 11.6 Å². The number of amides is 1. The zero-order chi connectivity index (χ0) is 16.9. The summed E-state index contributed by atoms with van der Waals surface area (Å²) in [5.74, 6) is 1.94. The van der Waals surface area contributed by atoms with E-state index >= 15 is 0 Å². The summed E-state index contributed by atoms with van der Waals surface area (Å²) in [6.45, 7) is 8.19. The molecule has 0 aliphatic carbocycles. The predicted molar refractivity (Wildman–Crippen MR) is 92.8 cm³/mol. The monoisotopic (exact) mass is 348 g/mol. The fraction of sp³-hybridized carbons (Fsp3) is 0.625. The molecule has 1 aliphatic rings. The number of nitrogens with one attached hydrogen (secondary N) is 1. The van der Waals surface area contributed by atoms with Gasteiger partial charge in [-0.3, -0.25) is 14.8 Å². The number of carbonyl (C=O) groups excluding carboxylic acids is 1. The quantitative estimate of drug-likeness (QED) is 0.884. The lowest BCUT2D eigenvalue weighted by Gasteiger charge is -2.21. The van der Waals surface area contributed by atoms with Gasteiger partial charge in [0.15, 0.2) is 0 Å². The molecular weight excluding hydrogens is 324 g/mol. The van der Waals surface area contributed by atoms with E-state index in [0.29, 0.717) is 6.42 Å². The highest BCUT2D eigenvalue weighted by atomic mass is 32.1. The lowest BCUT2D eigenvalue weighted by Crippen LogP contribution is -2.36. The molecule has 0 atom stereocenters. The molecule has 1 amide bonds. The molecule has 1 aliphatic heterocycles. The Morgan fingerprint density at radius 3 is 2.88 bits per heavy atom. The summed E-state index contributed by atoms with van der Waals surface area (Å²) in [5, 5.41) is 10.2. The van der Waals surface area contributed by atoms with Crippen LogP contribution in [-0.2, 0) is 24.2 Å². The maximum absolute atomic E-state index is 12.5. The number of hydrogen-bond donors (Lipinski definition) is 1. The Labute approximate surface area is 146 Å². The van der Waals surface area contributed by atoms with E-state index in [-0.39, 0.29) is 5.91 Å². The lowest BCUT2D eigenvalue weighted by molar-refractivity contribution is -0.130. The number of rotatable bonds is 5. The first-order chi connectivity index (χ1) is 11.6. The molecule has 0 spiro atoms. The van der Waals surface area contributed by atoms with Gasteiger partial charge in [-0.15, -0.1) is 11.3 Å². The highest BCUT2D eigenvalue weighted by Crippen LogP contribution is 2.12. The maximum atomic E-state index is 12.5. The third-order valence-corrected chi connectivity index (χ3v) is 5.03. The van der Waals surface area contributed by atoms with Crippen LogP contribution in [0.5, 0.6) is 0 Å². The zero-order valence-corrected chi connectivity index (χ0v) is 15.1. The van der Waals surface area contributed by atoms with E-state index in [0.717, 1.165) is 67.9 Å². The molecule has 0 aromatic carbocycles. The molecule has 130 valence electrons. The van der Waals surface area contributed by atoms with Crippen LogP contribution in [0.2, 0.25) is 0 Å². The van der Waals surface area contributed by atoms with Gasteiger partial charge in [-0.2, -0.15) is 5.10 Å². The molecule has 0 radical (unpaired) electrons. The molecule has 0 bridgehead atoms. The number of aromatic amines is 1. The topological polar surface area (TPSA) is 78.0 Å². The second kappa shape index (κ2) is 7.85. The van der Waals surface area contributed by atoms with E-state index in [1.165, 1.54) is 0 Å². The van der Waals surface area contributed by atoms with Gasteiger partial charge in [0.25, 0.3) is 0 Å². The Morgan fingerprint density at radius 2 is 2.17 bits per heavy atom. The van der Waals surface area contributed by atoms with E-state index in [2.05, 4.69) is 25.1 Å². The third kappa shape index (κ3) is 4.39. The Morgan fingerprint density at radius 1 is 1.29 bits per heavy atom. The molecule has 1 fully saturated rings. The highest BCUT2D eigenvalue weighted by Gasteiger charge is 2.20. The highest BCUT2D eigenvalue weighted by molar-refractivity contribution is 7.09. The molecule has 24 heavy (non-hydrogen) atoms. The van der Waals surface area contributed by atoms with Crippen molar-refractivity contribution in [3.8, 4) is 0 Å². The second-order valence-corrected chi connectivity index (χ2v) is 7.16. The largest absolute Gasteiger partial charge is 0.341 e. The zero-order valence-electron chi connectivity index (χ0n) is 14.3. The van der Waals surface area contributed by atoms with Crippen molar-refractivity contribution in [1.82, 2.24) is 30.0 Å². The minimum atomic E-state index is 0.176. The first-order valence-corrected chi connectivity index (χ1v) is 9.33. The van der Waals surface area contributed by atoms with Crippen LogP contribution < -0.4 is 0 Å². The fourth-order valence-electron chi connectivity index (χ4n) is 2.91. The molecule has 7 nitrogen and oxygen atoms in total. The van der Waals surface area contributed by atoms with Crippen molar-refractivity contribution >= 4 is 17.2 Å². The first kappa shape index (κ1) is 17.0. The van der Waals surface area contributed by atoms with E-state index in [4.69, 9.17) is 0 Å². The van der Waals surface area contributed by atoms with Crippen molar-refractivity contribution in [2.45, 2.75) is 39.7 Å². The Kier molecular flexibility index (Phi) is 5.57. The summed E-state index contributed by atoms with van der Waals surface area (Å²) in [5.41, 5.74) is 0.886. The van der Waals surface area contributed by atoms with Crippen molar-refractivity contribution in [3.05, 3.63) is 27.7 Å². The van der Waals surface area contributed by atoms with Gasteiger partial charge in [0.05, 0.1) is 23.7 Å². The molecule has 3 heterocycles. The number of nitrogens with zero attached hydrogens (tertiary/aromatic N) is 5. The summed E-state index contributed by atoms with van der Waals surface area (Å²) in [6.07, 6.45) is 2.23. The lowest BCUT2D eigenvalue weighted by atomic mass is 10.3. The number of carbonyl (C=O) groups is 1. The van der Waals surface area contributed by atoms with Crippen molar-refractivity contribution in [3.63, 3.8) is 0 Å². The average molecular weight is 348 g/mol. The minimum absolute atomic E-state index is 0.176. The molecular formula is C16H24N6OS. The minimum Gasteiger partial charge on any atom is -0.341 e. The van der Waals surface area contributed by atoms with Gasteiger partial charge in [0, 0.05) is 38.0 Å². The van der Waals surface area contributed by atoms with Crippen LogP contribution in [0.15, 0.2) is 5.38 Å². The van der Waals surface area contributed by atoms with Gasteiger partial charge in [0.2, 0.25) is 5.91 Å². The second-order valence-electron chi connectivity index (χ2n) is 6.10. The van der Waals surface area contributed by atoms with E-state index in [9.17, 15) is 4.79 Å². The van der Waals surface area contributed by atoms with Gasteiger partial charge in [-0.1, -0.05) is 6.92 Å². The standard InChI is InChI=1S/C16H24N6OS/c1-3-14-18-15(20-19-14)10-21-5-4-6-22(8-7-21)16(23)9-13-11-24-12(2)17-13/h11H,3-10H2,1-2H3,(H,18,19,20). The van der Waals surface area contributed by atoms with E-state index in [1.54, 1.807) is 11.3 Å². The van der Waals surface area contributed by atoms with Crippen LogP contribution in [0.3, 0.4) is 0 Å². The Hall–Kier alpha value is -1.80.